The number of carbonyl (C=O) groups is 1. The lowest BCUT2D eigenvalue weighted by Crippen LogP contribution is -2.29. The highest BCUT2D eigenvalue weighted by Gasteiger charge is 2.13. The van der Waals surface area contributed by atoms with Gasteiger partial charge in [0, 0.05) is 37.6 Å². The molecule has 0 saturated carbocycles. The van der Waals surface area contributed by atoms with Crippen LogP contribution in [0.3, 0.4) is 0 Å². The number of halogens is 1. The smallest absolute Gasteiger partial charge is 0.408 e. The van der Waals surface area contributed by atoms with E-state index in [9.17, 15) is 9.59 Å². The summed E-state index contributed by atoms with van der Waals surface area (Å²) in [6.07, 6.45) is 3.26. The van der Waals surface area contributed by atoms with Gasteiger partial charge < -0.3 is 9.32 Å². The Morgan fingerprint density at radius 3 is 2.70 bits per heavy atom. The molecule has 6 heteroatoms. The van der Waals surface area contributed by atoms with Crippen molar-refractivity contribution in [3.05, 3.63) is 69.7 Å². The second-order valence-electron chi connectivity index (χ2n) is 6.64. The molecule has 0 radical (unpaired) electrons. The molecule has 3 rings (SSSR count). The van der Waals surface area contributed by atoms with E-state index >= 15 is 0 Å². The van der Waals surface area contributed by atoms with Gasteiger partial charge in [-0.25, -0.2) is 4.79 Å². The van der Waals surface area contributed by atoms with Gasteiger partial charge in [-0.3, -0.25) is 9.36 Å². The molecular formula is C21H23ClN2O3. The fraction of sp³-hybridized carbons (Fsp3) is 0.333. The molecule has 1 aromatic heterocycles. The summed E-state index contributed by atoms with van der Waals surface area (Å²) < 4.78 is 6.67. The second-order valence-corrected chi connectivity index (χ2v) is 7.08. The number of hydrogen-bond donors (Lipinski definition) is 0. The van der Waals surface area contributed by atoms with Gasteiger partial charge >= 0.3 is 5.76 Å². The topological polar surface area (TPSA) is 55.5 Å². The van der Waals surface area contributed by atoms with Crippen LogP contribution < -0.4 is 5.76 Å². The molecule has 0 spiro atoms. The summed E-state index contributed by atoms with van der Waals surface area (Å²) in [5.74, 6) is -0.449. The number of benzene rings is 2. The molecule has 0 saturated heterocycles. The number of aromatic nitrogens is 1. The van der Waals surface area contributed by atoms with Crippen LogP contribution in [0.4, 0.5) is 0 Å². The van der Waals surface area contributed by atoms with Crippen LogP contribution in [0, 0.1) is 0 Å². The van der Waals surface area contributed by atoms with Crippen molar-refractivity contribution in [3.63, 3.8) is 0 Å². The van der Waals surface area contributed by atoms with Crippen LogP contribution in [0.15, 0.2) is 57.7 Å². The van der Waals surface area contributed by atoms with E-state index in [2.05, 4.69) is 12.1 Å². The molecule has 0 bridgehead atoms. The Hall–Kier alpha value is -2.53. The third kappa shape index (κ3) is 5.01. The van der Waals surface area contributed by atoms with Gasteiger partial charge in [-0.2, -0.15) is 0 Å². The molecule has 27 heavy (non-hydrogen) atoms. The van der Waals surface area contributed by atoms with Crippen molar-refractivity contribution < 1.29 is 9.21 Å². The standard InChI is InChI=1S/C21H23ClN2O3/c1-23(13-6-5-9-16-7-3-2-4-8-16)20(25)12-14-24-18-11-10-17(22)15-19(18)27-21(24)26/h2-4,7-8,10-11,15H,5-6,9,12-14H2,1H3. The molecule has 1 heterocycles. The number of amides is 1. The predicted octanol–water partition coefficient (Wildman–Crippen LogP) is 4.12. The zero-order valence-electron chi connectivity index (χ0n) is 15.4. The van der Waals surface area contributed by atoms with Crippen molar-refractivity contribution in [1.29, 1.82) is 0 Å². The number of fused-ring (bicyclic) bond motifs is 1. The second kappa shape index (κ2) is 8.91. The molecule has 0 aliphatic heterocycles. The number of aryl methyl sites for hydroxylation is 2. The first-order valence-corrected chi connectivity index (χ1v) is 9.49. The zero-order valence-corrected chi connectivity index (χ0v) is 16.1. The van der Waals surface area contributed by atoms with Gasteiger partial charge in [-0.15, -0.1) is 0 Å². The quantitative estimate of drug-likeness (QED) is 0.547. The molecule has 142 valence electrons. The third-order valence-corrected chi connectivity index (χ3v) is 4.89. The molecule has 1 amide bonds. The van der Waals surface area contributed by atoms with Gasteiger partial charge in [0.25, 0.3) is 0 Å². The average Bonchev–Trinajstić information content (AvgIpc) is 2.98. The first kappa shape index (κ1) is 19.2. The Bertz CT molecular complexity index is 962. The number of rotatable bonds is 8. The number of unbranched alkanes of at least 4 members (excludes halogenated alkanes) is 1. The third-order valence-electron chi connectivity index (χ3n) is 4.66. The van der Waals surface area contributed by atoms with Gasteiger partial charge in [-0.05, 0) is 37.0 Å². The van der Waals surface area contributed by atoms with Crippen LogP contribution in [-0.4, -0.2) is 29.0 Å². The number of carbonyl (C=O) groups excluding carboxylic acids is 1. The van der Waals surface area contributed by atoms with E-state index in [0.717, 1.165) is 19.3 Å². The van der Waals surface area contributed by atoms with E-state index in [4.69, 9.17) is 16.0 Å². The molecular weight excluding hydrogens is 364 g/mol. The van der Waals surface area contributed by atoms with Crippen LogP contribution in [0.1, 0.15) is 24.8 Å². The maximum absolute atomic E-state index is 12.4. The molecule has 0 unspecified atom stereocenters. The van der Waals surface area contributed by atoms with E-state index in [0.29, 0.717) is 29.2 Å². The number of nitrogens with zero attached hydrogens (tertiary/aromatic N) is 2. The summed E-state index contributed by atoms with van der Waals surface area (Å²) in [5, 5.41) is 0.509. The summed E-state index contributed by atoms with van der Waals surface area (Å²) in [6, 6.07) is 15.4. The van der Waals surface area contributed by atoms with E-state index < -0.39 is 5.76 Å². The molecule has 0 fully saturated rings. The van der Waals surface area contributed by atoms with Gasteiger partial charge in [0.15, 0.2) is 5.58 Å². The lowest BCUT2D eigenvalue weighted by atomic mass is 10.1. The highest BCUT2D eigenvalue weighted by Crippen LogP contribution is 2.18. The lowest BCUT2D eigenvalue weighted by molar-refractivity contribution is -0.130. The summed E-state index contributed by atoms with van der Waals surface area (Å²) in [6.45, 7) is 1.00. The minimum absolute atomic E-state index is 0.0184. The van der Waals surface area contributed by atoms with E-state index in [1.807, 2.05) is 18.2 Å². The van der Waals surface area contributed by atoms with Gasteiger partial charge in [0.1, 0.15) is 0 Å². The summed E-state index contributed by atoms with van der Waals surface area (Å²) in [4.78, 5) is 26.1. The van der Waals surface area contributed by atoms with E-state index in [1.165, 1.54) is 10.1 Å². The van der Waals surface area contributed by atoms with Gasteiger partial charge in [-0.1, -0.05) is 41.9 Å². The minimum Gasteiger partial charge on any atom is -0.408 e. The van der Waals surface area contributed by atoms with Crippen LogP contribution >= 0.6 is 11.6 Å². The number of hydrogen-bond acceptors (Lipinski definition) is 3. The van der Waals surface area contributed by atoms with E-state index in [-0.39, 0.29) is 12.3 Å². The Morgan fingerprint density at radius 1 is 1.15 bits per heavy atom. The first-order valence-electron chi connectivity index (χ1n) is 9.11. The van der Waals surface area contributed by atoms with Crippen LogP contribution in [0.2, 0.25) is 5.02 Å². The Morgan fingerprint density at radius 2 is 1.93 bits per heavy atom. The predicted molar refractivity (Wildman–Crippen MR) is 107 cm³/mol. The molecule has 5 nitrogen and oxygen atoms in total. The molecule has 2 aromatic carbocycles. The van der Waals surface area contributed by atoms with Crippen molar-refractivity contribution in [1.82, 2.24) is 9.47 Å². The summed E-state index contributed by atoms with van der Waals surface area (Å²) >= 11 is 5.92. The largest absolute Gasteiger partial charge is 0.419 e. The monoisotopic (exact) mass is 386 g/mol. The number of oxazole rings is 1. The first-order chi connectivity index (χ1) is 13.0. The van der Waals surface area contributed by atoms with Crippen molar-refractivity contribution in [2.75, 3.05) is 13.6 Å². The maximum Gasteiger partial charge on any atom is 0.419 e. The van der Waals surface area contributed by atoms with Gasteiger partial charge in [0.05, 0.1) is 5.52 Å². The van der Waals surface area contributed by atoms with E-state index in [1.54, 1.807) is 30.1 Å². The fourth-order valence-corrected chi connectivity index (χ4v) is 3.26. The lowest BCUT2D eigenvalue weighted by Gasteiger charge is -2.17. The summed E-state index contributed by atoms with van der Waals surface area (Å²) in [5.41, 5.74) is 2.41. The average molecular weight is 387 g/mol. The van der Waals surface area contributed by atoms with Crippen molar-refractivity contribution in [3.8, 4) is 0 Å². The van der Waals surface area contributed by atoms with Crippen LogP contribution in [0.25, 0.3) is 11.1 Å². The molecule has 3 aromatic rings. The van der Waals surface area contributed by atoms with Crippen molar-refractivity contribution in [2.45, 2.75) is 32.2 Å². The summed E-state index contributed by atoms with van der Waals surface area (Å²) in [7, 11) is 1.81. The van der Waals surface area contributed by atoms with Crippen LogP contribution in [-0.2, 0) is 17.8 Å². The SMILES string of the molecule is CN(CCCCc1ccccc1)C(=O)CCn1c(=O)oc2cc(Cl)ccc21. The molecule has 0 aliphatic rings. The fourth-order valence-electron chi connectivity index (χ4n) is 3.10. The van der Waals surface area contributed by atoms with Gasteiger partial charge in [0.2, 0.25) is 5.91 Å². The van der Waals surface area contributed by atoms with Crippen molar-refractivity contribution in [2.24, 2.45) is 0 Å². The van der Waals surface area contributed by atoms with Crippen molar-refractivity contribution >= 4 is 28.6 Å². The normalized spacial score (nSPS) is 11.0. The van der Waals surface area contributed by atoms with Crippen LogP contribution in [0.5, 0.6) is 0 Å². The molecule has 0 N–H and O–H groups in total. The highest BCUT2D eigenvalue weighted by atomic mass is 35.5. The maximum atomic E-state index is 12.4. The highest BCUT2D eigenvalue weighted by molar-refractivity contribution is 6.31. The molecule has 0 atom stereocenters. The minimum atomic E-state index is -0.467. The molecule has 0 aliphatic carbocycles. The zero-order chi connectivity index (χ0) is 19.2. The Labute approximate surface area is 163 Å². The Balaban J connectivity index is 1.47. The Kier molecular flexibility index (Phi) is 6.35.